The number of ether oxygens (including phenoxy) is 1. The van der Waals surface area contributed by atoms with Crippen molar-refractivity contribution in [1.29, 1.82) is 0 Å². The molecular formula is C12H15BrFNO2. The average molecular weight is 304 g/mol. The van der Waals surface area contributed by atoms with Crippen molar-refractivity contribution in [3.8, 4) is 11.5 Å². The number of piperidine rings is 1. The van der Waals surface area contributed by atoms with Crippen LogP contribution in [0.4, 0.5) is 4.39 Å². The zero-order chi connectivity index (χ0) is 12.4. The van der Waals surface area contributed by atoms with Crippen LogP contribution in [0.5, 0.6) is 11.5 Å². The van der Waals surface area contributed by atoms with Gasteiger partial charge in [0.05, 0.1) is 7.11 Å². The molecule has 1 unspecified atom stereocenters. The zero-order valence-electron chi connectivity index (χ0n) is 9.59. The standard InChI is InChI=1S/C12H15BrFNO2/c1-17-12-9(16)6-7(13)10(11(12)14)8-4-2-3-5-15-8/h6,8,15-16H,2-5H2,1H3. The highest BCUT2D eigenvalue weighted by Crippen LogP contribution is 2.40. The molecule has 1 aromatic carbocycles. The first-order valence-corrected chi connectivity index (χ1v) is 6.42. The molecule has 2 N–H and O–H groups in total. The van der Waals surface area contributed by atoms with E-state index in [0.29, 0.717) is 10.0 Å². The van der Waals surface area contributed by atoms with Crippen LogP contribution < -0.4 is 10.1 Å². The van der Waals surface area contributed by atoms with Crippen molar-refractivity contribution >= 4 is 15.9 Å². The lowest BCUT2D eigenvalue weighted by atomic mass is 9.96. The summed E-state index contributed by atoms with van der Waals surface area (Å²) in [4.78, 5) is 0. The molecule has 1 aromatic rings. The quantitative estimate of drug-likeness (QED) is 0.882. The van der Waals surface area contributed by atoms with Crippen LogP contribution in [-0.2, 0) is 0 Å². The number of hydrogen-bond acceptors (Lipinski definition) is 3. The van der Waals surface area contributed by atoms with Gasteiger partial charge in [-0.1, -0.05) is 22.4 Å². The fourth-order valence-electron chi connectivity index (χ4n) is 2.21. The second kappa shape index (κ2) is 5.23. The number of hydrogen-bond donors (Lipinski definition) is 2. The number of nitrogens with one attached hydrogen (secondary N) is 1. The van der Waals surface area contributed by atoms with Gasteiger partial charge in [0, 0.05) is 16.1 Å². The van der Waals surface area contributed by atoms with E-state index in [1.165, 1.54) is 13.2 Å². The van der Waals surface area contributed by atoms with E-state index in [-0.39, 0.29) is 17.5 Å². The van der Waals surface area contributed by atoms with Gasteiger partial charge >= 0.3 is 0 Å². The minimum atomic E-state index is -0.487. The van der Waals surface area contributed by atoms with E-state index in [9.17, 15) is 9.50 Å². The van der Waals surface area contributed by atoms with E-state index >= 15 is 0 Å². The molecule has 0 spiro atoms. The van der Waals surface area contributed by atoms with Crippen LogP contribution in [0.2, 0.25) is 0 Å². The molecule has 1 saturated heterocycles. The maximum Gasteiger partial charge on any atom is 0.196 e. The zero-order valence-corrected chi connectivity index (χ0v) is 11.2. The Labute approximate surface area is 108 Å². The van der Waals surface area contributed by atoms with Crippen molar-refractivity contribution in [2.75, 3.05) is 13.7 Å². The number of phenolic OH excluding ortho intramolecular Hbond substituents is 1. The van der Waals surface area contributed by atoms with E-state index < -0.39 is 5.82 Å². The molecular weight excluding hydrogens is 289 g/mol. The number of methoxy groups -OCH3 is 1. The Morgan fingerprint density at radius 1 is 1.53 bits per heavy atom. The number of halogens is 2. The van der Waals surface area contributed by atoms with Gasteiger partial charge in [0.25, 0.3) is 0 Å². The SMILES string of the molecule is COc1c(O)cc(Br)c(C2CCCCN2)c1F. The molecule has 94 valence electrons. The summed E-state index contributed by atoms with van der Waals surface area (Å²) in [5.74, 6) is -0.759. The van der Waals surface area contributed by atoms with Crippen LogP contribution in [0, 0.1) is 5.82 Å². The first-order chi connectivity index (χ1) is 8.15. The molecule has 5 heteroatoms. The van der Waals surface area contributed by atoms with Crippen LogP contribution in [0.15, 0.2) is 10.5 Å². The summed E-state index contributed by atoms with van der Waals surface area (Å²) in [6.45, 7) is 0.889. The van der Waals surface area contributed by atoms with Gasteiger partial charge in [-0.3, -0.25) is 0 Å². The summed E-state index contributed by atoms with van der Waals surface area (Å²) in [5.41, 5.74) is 0.541. The minimum absolute atomic E-state index is 0.0207. The number of benzene rings is 1. The van der Waals surface area contributed by atoms with Gasteiger partial charge < -0.3 is 15.2 Å². The van der Waals surface area contributed by atoms with Crippen LogP contribution in [-0.4, -0.2) is 18.8 Å². The maximum atomic E-state index is 14.2. The van der Waals surface area contributed by atoms with E-state index in [0.717, 1.165) is 25.8 Å². The lowest BCUT2D eigenvalue weighted by Gasteiger charge is -2.26. The third kappa shape index (κ3) is 2.40. The summed E-state index contributed by atoms with van der Waals surface area (Å²) in [7, 11) is 1.35. The molecule has 1 fully saturated rings. The number of aromatic hydroxyl groups is 1. The lowest BCUT2D eigenvalue weighted by molar-refractivity contribution is 0.339. The molecule has 3 nitrogen and oxygen atoms in total. The molecule has 0 aromatic heterocycles. The van der Waals surface area contributed by atoms with Gasteiger partial charge in [0.1, 0.15) is 0 Å². The van der Waals surface area contributed by atoms with E-state index in [4.69, 9.17) is 4.74 Å². The fourth-order valence-corrected chi connectivity index (χ4v) is 2.88. The summed E-state index contributed by atoms with van der Waals surface area (Å²) >= 11 is 3.30. The second-order valence-corrected chi connectivity index (χ2v) is 5.00. The first kappa shape index (κ1) is 12.6. The minimum Gasteiger partial charge on any atom is -0.504 e. The van der Waals surface area contributed by atoms with E-state index in [1.807, 2.05) is 0 Å². The average Bonchev–Trinajstić information content (AvgIpc) is 2.30. The fraction of sp³-hybridized carbons (Fsp3) is 0.500. The van der Waals surface area contributed by atoms with Crippen molar-refractivity contribution in [1.82, 2.24) is 5.32 Å². The molecule has 1 aliphatic rings. The Kier molecular flexibility index (Phi) is 3.89. The van der Waals surface area contributed by atoms with E-state index in [1.54, 1.807) is 0 Å². The molecule has 0 radical (unpaired) electrons. The smallest absolute Gasteiger partial charge is 0.196 e. The van der Waals surface area contributed by atoms with Gasteiger partial charge in [-0.05, 0) is 25.5 Å². The van der Waals surface area contributed by atoms with Gasteiger partial charge in [-0.2, -0.15) is 0 Å². The van der Waals surface area contributed by atoms with E-state index in [2.05, 4.69) is 21.2 Å². The van der Waals surface area contributed by atoms with Gasteiger partial charge in [0.15, 0.2) is 17.3 Å². The molecule has 1 atom stereocenters. The lowest BCUT2D eigenvalue weighted by Crippen LogP contribution is -2.28. The highest BCUT2D eigenvalue weighted by atomic mass is 79.9. The predicted octanol–water partition coefficient (Wildman–Crippen LogP) is 3.12. The monoisotopic (exact) mass is 303 g/mol. The van der Waals surface area contributed by atoms with Crippen molar-refractivity contribution in [2.24, 2.45) is 0 Å². The molecule has 1 heterocycles. The Bertz CT molecular complexity index is 419. The number of phenols is 1. The molecule has 0 bridgehead atoms. The van der Waals surface area contributed by atoms with Gasteiger partial charge in [0.2, 0.25) is 0 Å². The summed E-state index contributed by atoms with van der Waals surface area (Å²) in [5, 5.41) is 12.9. The molecule has 0 amide bonds. The molecule has 2 rings (SSSR count). The summed E-state index contributed by atoms with van der Waals surface area (Å²) in [6.07, 6.45) is 3.08. The number of rotatable bonds is 2. The summed E-state index contributed by atoms with van der Waals surface area (Å²) < 4.78 is 19.7. The molecule has 0 aliphatic carbocycles. The van der Waals surface area contributed by atoms with Crippen LogP contribution in [0.25, 0.3) is 0 Å². The second-order valence-electron chi connectivity index (χ2n) is 4.14. The normalized spacial score (nSPS) is 20.3. The summed E-state index contributed by atoms with van der Waals surface area (Å²) in [6, 6.07) is 1.46. The van der Waals surface area contributed by atoms with Crippen LogP contribution >= 0.6 is 15.9 Å². The molecule has 0 saturated carbocycles. The third-order valence-corrected chi connectivity index (χ3v) is 3.71. The Balaban J connectivity index is 2.44. The van der Waals surface area contributed by atoms with Crippen molar-refractivity contribution < 1.29 is 14.2 Å². The van der Waals surface area contributed by atoms with Gasteiger partial charge in [-0.15, -0.1) is 0 Å². The Morgan fingerprint density at radius 2 is 2.29 bits per heavy atom. The Hall–Kier alpha value is -0.810. The predicted molar refractivity (Wildman–Crippen MR) is 66.9 cm³/mol. The van der Waals surface area contributed by atoms with Crippen molar-refractivity contribution in [2.45, 2.75) is 25.3 Å². The van der Waals surface area contributed by atoms with Crippen LogP contribution in [0.3, 0.4) is 0 Å². The van der Waals surface area contributed by atoms with Gasteiger partial charge in [-0.25, -0.2) is 4.39 Å². The Morgan fingerprint density at radius 3 is 2.88 bits per heavy atom. The molecule has 1 aliphatic heterocycles. The highest BCUT2D eigenvalue weighted by molar-refractivity contribution is 9.10. The first-order valence-electron chi connectivity index (χ1n) is 5.63. The maximum absolute atomic E-state index is 14.2. The molecule has 17 heavy (non-hydrogen) atoms. The van der Waals surface area contributed by atoms with Crippen molar-refractivity contribution in [3.05, 3.63) is 21.9 Å². The third-order valence-electron chi connectivity index (χ3n) is 3.05. The van der Waals surface area contributed by atoms with Crippen molar-refractivity contribution in [3.63, 3.8) is 0 Å². The highest BCUT2D eigenvalue weighted by Gasteiger charge is 2.25. The van der Waals surface area contributed by atoms with Crippen LogP contribution in [0.1, 0.15) is 30.9 Å². The topological polar surface area (TPSA) is 41.5 Å². The largest absolute Gasteiger partial charge is 0.504 e.